The molecule has 2 unspecified atom stereocenters. The van der Waals surface area contributed by atoms with Gasteiger partial charge in [-0.2, -0.15) is 0 Å². The smallest absolute Gasteiger partial charge is 0.215 e. The zero-order valence-electron chi connectivity index (χ0n) is 14.3. The van der Waals surface area contributed by atoms with E-state index in [0.29, 0.717) is 18.4 Å². The quantitative estimate of drug-likeness (QED) is 0.701. The molecular formula is C18H21N3O3S. The van der Waals surface area contributed by atoms with E-state index in [0.717, 1.165) is 29.1 Å². The van der Waals surface area contributed by atoms with Crippen LogP contribution in [0.25, 0.3) is 0 Å². The normalized spacial score (nSPS) is 19.4. The third-order valence-corrected chi connectivity index (χ3v) is 5.07. The van der Waals surface area contributed by atoms with Crippen LogP contribution in [0.3, 0.4) is 0 Å². The van der Waals surface area contributed by atoms with Gasteiger partial charge in [0.05, 0.1) is 34.6 Å². The highest BCUT2D eigenvalue weighted by molar-refractivity contribution is 7.99. The van der Waals surface area contributed by atoms with Crippen LogP contribution in [-0.4, -0.2) is 46.4 Å². The zero-order valence-corrected chi connectivity index (χ0v) is 15.2. The largest absolute Gasteiger partial charge is 0.493 e. The standard InChI is InChI=1S/C18H21N3O3S/c1-13-16(19-9-8-17(13)24-11-5-10-23-2)12-25(22)18-20-14-6-3-4-7-15(14)21-18/h3-4,6-9,14H,5,10-12H2,1-2H3. The summed E-state index contributed by atoms with van der Waals surface area (Å²) in [4.78, 5) is 13.2. The molecule has 7 heteroatoms. The first kappa shape index (κ1) is 17.7. The fourth-order valence-corrected chi connectivity index (χ4v) is 3.64. The van der Waals surface area contributed by atoms with E-state index in [1.807, 2.05) is 37.3 Å². The second kappa shape index (κ2) is 8.31. The first-order chi connectivity index (χ1) is 12.2. The van der Waals surface area contributed by atoms with Crippen molar-refractivity contribution in [1.82, 2.24) is 4.98 Å². The summed E-state index contributed by atoms with van der Waals surface area (Å²) in [5.41, 5.74) is 2.48. The summed E-state index contributed by atoms with van der Waals surface area (Å²) in [6.45, 7) is 3.16. The first-order valence-corrected chi connectivity index (χ1v) is 9.47. The highest BCUT2D eigenvalue weighted by Gasteiger charge is 2.24. The van der Waals surface area contributed by atoms with Crippen LogP contribution in [0, 0.1) is 6.92 Å². The molecule has 0 aromatic carbocycles. The summed E-state index contributed by atoms with van der Waals surface area (Å²) >= 11 is 0. The van der Waals surface area contributed by atoms with Crippen molar-refractivity contribution in [3.8, 4) is 5.75 Å². The number of pyridine rings is 1. The summed E-state index contributed by atoms with van der Waals surface area (Å²) in [7, 11) is 0.335. The second-order valence-electron chi connectivity index (χ2n) is 5.70. The van der Waals surface area contributed by atoms with Crippen molar-refractivity contribution < 1.29 is 13.7 Å². The third kappa shape index (κ3) is 4.29. The number of aromatic nitrogens is 1. The maximum atomic E-state index is 12.6. The minimum absolute atomic E-state index is 0.103. The molecule has 0 spiro atoms. The fraction of sp³-hybridized carbons (Fsp3) is 0.389. The predicted molar refractivity (Wildman–Crippen MR) is 99.7 cm³/mol. The van der Waals surface area contributed by atoms with Gasteiger partial charge in [0.2, 0.25) is 5.17 Å². The van der Waals surface area contributed by atoms with Crippen LogP contribution in [0.5, 0.6) is 5.75 Å². The van der Waals surface area contributed by atoms with E-state index >= 15 is 0 Å². The Morgan fingerprint density at radius 3 is 2.96 bits per heavy atom. The van der Waals surface area contributed by atoms with Gasteiger partial charge in [-0.3, -0.25) is 9.19 Å². The van der Waals surface area contributed by atoms with Gasteiger partial charge in [0.25, 0.3) is 0 Å². The number of ether oxygens (including phenoxy) is 2. The Labute approximate surface area is 149 Å². The number of allylic oxidation sites excluding steroid dienone is 2. The molecule has 0 fully saturated rings. The van der Waals surface area contributed by atoms with Gasteiger partial charge in [-0.15, -0.1) is 0 Å². The van der Waals surface area contributed by atoms with Gasteiger partial charge < -0.3 is 9.47 Å². The molecule has 1 aliphatic carbocycles. The van der Waals surface area contributed by atoms with Crippen molar-refractivity contribution in [1.29, 1.82) is 0 Å². The van der Waals surface area contributed by atoms with Gasteiger partial charge in [-0.25, -0.2) is 9.98 Å². The van der Waals surface area contributed by atoms with Gasteiger partial charge in [0, 0.05) is 31.9 Å². The number of hydrogen-bond donors (Lipinski definition) is 0. The molecule has 0 radical (unpaired) electrons. The van der Waals surface area contributed by atoms with Crippen molar-refractivity contribution in [3.63, 3.8) is 0 Å². The van der Waals surface area contributed by atoms with Crippen molar-refractivity contribution in [3.05, 3.63) is 47.8 Å². The zero-order chi connectivity index (χ0) is 17.6. The molecule has 0 bridgehead atoms. The number of hydrogen-bond acceptors (Lipinski definition) is 6. The molecule has 0 N–H and O–H groups in total. The Bertz CT molecular complexity index is 784. The fourth-order valence-electron chi connectivity index (χ4n) is 2.54. The second-order valence-corrected chi connectivity index (χ2v) is 7.05. The van der Waals surface area contributed by atoms with E-state index in [-0.39, 0.29) is 11.8 Å². The molecule has 132 valence electrons. The van der Waals surface area contributed by atoms with Crippen LogP contribution in [-0.2, 0) is 21.3 Å². The molecule has 1 aliphatic heterocycles. The monoisotopic (exact) mass is 359 g/mol. The highest BCUT2D eigenvalue weighted by atomic mass is 32.2. The van der Waals surface area contributed by atoms with Crippen LogP contribution < -0.4 is 4.74 Å². The third-order valence-electron chi connectivity index (χ3n) is 3.93. The Kier molecular flexibility index (Phi) is 5.88. The van der Waals surface area contributed by atoms with Gasteiger partial charge in [-0.1, -0.05) is 18.2 Å². The lowest BCUT2D eigenvalue weighted by Gasteiger charge is -2.11. The van der Waals surface area contributed by atoms with Gasteiger partial charge in [-0.05, 0) is 19.1 Å². The van der Waals surface area contributed by atoms with Crippen molar-refractivity contribution in [2.45, 2.75) is 25.1 Å². The predicted octanol–water partition coefficient (Wildman–Crippen LogP) is 2.36. The Balaban J connectivity index is 1.67. The average molecular weight is 359 g/mol. The van der Waals surface area contributed by atoms with Crippen LogP contribution in [0.1, 0.15) is 17.7 Å². The summed E-state index contributed by atoms with van der Waals surface area (Å²) in [6, 6.07) is 1.72. The number of methoxy groups -OCH3 is 1. The molecule has 1 aromatic rings. The van der Waals surface area contributed by atoms with Crippen LogP contribution in [0.2, 0.25) is 0 Å². The summed E-state index contributed by atoms with van der Waals surface area (Å²) < 4.78 is 23.4. The first-order valence-electron chi connectivity index (χ1n) is 8.15. The number of amidine groups is 1. The maximum absolute atomic E-state index is 12.6. The van der Waals surface area contributed by atoms with Crippen LogP contribution >= 0.6 is 0 Å². The van der Waals surface area contributed by atoms with Crippen molar-refractivity contribution in [2.24, 2.45) is 9.98 Å². The van der Waals surface area contributed by atoms with E-state index in [4.69, 9.17) is 9.47 Å². The topological polar surface area (TPSA) is 73.1 Å². The molecular weight excluding hydrogens is 338 g/mol. The Morgan fingerprint density at radius 2 is 2.16 bits per heavy atom. The molecule has 2 heterocycles. The van der Waals surface area contributed by atoms with E-state index in [9.17, 15) is 4.21 Å². The SMILES string of the molecule is COCCCOc1ccnc(CS(=O)C2=NC3C=CC=CC3=N2)c1C. The van der Waals surface area contributed by atoms with Crippen LogP contribution in [0.4, 0.5) is 0 Å². The van der Waals surface area contributed by atoms with Gasteiger partial charge in [0.1, 0.15) is 11.8 Å². The minimum Gasteiger partial charge on any atom is -0.493 e. The molecule has 6 nitrogen and oxygen atoms in total. The average Bonchev–Trinajstić information content (AvgIpc) is 3.06. The lowest BCUT2D eigenvalue weighted by Crippen LogP contribution is -2.11. The molecule has 2 atom stereocenters. The van der Waals surface area contributed by atoms with E-state index in [2.05, 4.69) is 15.0 Å². The van der Waals surface area contributed by atoms with E-state index in [1.165, 1.54) is 0 Å². The summed E-state index contributed by atoms with van der Waals surface area (Å²) in [6.07, 6.45) is 10.2. The molecule has 2 aliphatic rings. The molecule has 0 saturated heterocycles. The molecule has 1 aromatic heterocycles. The Hall–Kier alpha value is -2.12. The number of fused-ring (bicyclic) bond motifs is 1. The van der Waals surface area contributed by atoms with Gasteiger partial charge >= 0.3 is 0 Å². The number of aliphatic imine (C=N–C) groups is 2. The molecule has 0 amide bonds. The van der Waals surface area contributed by atoms with Crippen molar-refractivity contribution >= 4 is 21.7 Å². The van der Waals surface area contributed by atoms with Crippen molar-refractivity contribution in [2.75, 3.05) is 20.3 Å². The number of rotatable bonds is 7. The Morgan fingerprint density at radius 1 is 1.28 bits per heavy atom. The summed E-state index contributed by atoms with van der Waals surface area (Å²) in [5, 5.41) is 0.379. The van der Waals surface area contributed by atoms with E-state index < -0.39 is 10.8 Å². The maximum Gasteiger partial charge on any atom is 0.215 e. The number of nitrogens with zero attached hydrogens (tertiary/aromatic N) is 3. The minimum atomic E-state index is -1.33. The lowest BCUT2D eigenvalue weighted by molar-refractivity contribution is 0.172. The van der Waals surface area contributed by atoms with Crippen LogP contribution in [0.15, 0.2) is 46.6 Å². The van der Waals surface area contributed by atoms with E-state index in [1.54, 1.807) is 13.3 Å². The summed E-state index contributed by atoms with van der Waals surface area (Å²) in [5.74, 6) is 1.04. The molecule has 25 heavy (non-hydrogen) atoms. The molecule has 3 rings (SSSR count). The van der Waals surface area contributed by atoms with Gasteiger partial charge in [0.15, 0.2) is 0 Å². The lowest BCUT2D eigenvalue weighted by atomic mass is 10.1. The highest BCUT2D eigenvalue weighted by Crippen LogP contribution is 2.22. The molecule has 0 saturated carbocycles.